The van der Waals surface area contributed by atoms with E-state index in [-0.39, 0.29) is 12.5 Å². The van der Waals surface area contributed by atoms with E-state index in [9.17, 15) is 4.79 Å². The molecule has 4 heteroatoms. The number of terminal acetylenes is 1. The first-order chi connectivity index (χ1) is 7.25. The zero-order valence-corrected chi connectivity index (χ0v) is 9.14. The highest BCUT2D eigenvalue weighted by molar-refractivity contribution is 5.83. The minimum absolute atomic E-state index is 0.0174. The molecule has 1 heterocycles. The summed E-state index contributed by atoms with van der Waals surface area (Å²) in [6.07, 6.45) is 6.72. The van der Waals surface area contributed by atoms with Crippen molar-refractivity contribution < 1.29 is 9.53 Å². The molecule has 4 nitrogen and oxygen atoms in total. The lowest BCUT2D eigenvalue weighted by atomic mass is 9.78. The van der Waals surface area contributed by atoms with Crippen molar-refractivity contribution in [3.63, 3.8) is 0 Å². The lowest BCUT2D eigenvalue weighted by Gasteiger charge is -2.35. The molecule has 0 aromatic carbocycles. The molecule has 1 fully saturated rings. The number of carbonyl (C=O) groups is 1. The fourth-order valence-corrected chi connectivity index (χ4v) is 1.94. The number of amides is 1. The van der Waals surface area contributed by atoms with Crippen LogP contribution in [0.25, 0.3) is 0 Å². The van der Waals surface area contributed by atoms with E-state index in [2.05, 4.69) is 16.6 Å². The molecule has 0 saturated carbocycles. The van der Waals surface area contributed by atoms with Gasteiger partial charge in [0, 0.05) is 7.11 Å². The standard InChI is InChI=1S/C11H18N2O2/c1-3-6-13-10(14)11(9-15-2)4-7-12-8-5-11/h1,12H,4-9H2,2H3,(H,13,14). The Morgan fingerprint density at radius 2 is 2.27 bits per heavy atom. The summed E-state index contributed by atoms with van der Waals surface area (Å²) in [6, 6.07) is 0. The van der Waals surface area contributed by atoms with E-state index in [1.165, 1.54) is 0 Å². The van der Waals surface area contributed by atoms with Crippen LogP contribution < -0.4 is 10.6 Å². The molecule has 1 rings (SSSR count). The van der Waals surface area contributed by atoms with Gasteiger partial charge in [0.25, 0.3) is 0 Å². The van der Waals surface area contributed by atoms with Crippen molar-refractivity contribution in [2.24, 2.45) is 5.41 Å². The lowest BCUT2D eigenvalue weighted by molar-refractivity contribution is -0.135. The van der Waals surface area contributed by atoms with Gasteiger partial charge in [-0.1, -0.05) is 5.92 Å². The van der Waals surface area contributed by atoms with E-state index in [4.69, 9.17) is 11.2 Å². The Balaban J connectivity index is 2.62. The molecule has 0 atom stereocenters. The van der Waals surface area contributed by atoms with E-state index < -0.39 is 5.41 Å². The van der Waals surface area contributed by atoms with Crippen LogP contribution >= 0.6 is 0 Å². The van der Waals surface area contributed by atoms with Gasteiger partial charge in [-0.05, 0) is 25.9 Å². The molecule has 0 spiro atoms. The summed E-state index contributed by atoms with van der Waals surface area (Å²) in [5, 5.41) is 5.98. The number of carbonyl (C=O) groups excluding carboxylic acids is 1. The fourth-order valence-electron chi connectivity index (χ4n) is 1.94. The van der Waals surface area contributed by atoms with Gasteiger partial charge in [0.2, 0.25) is 5.91 Å². The number of ether oxygens (including phenoxy) is 1. The Kier molecular flexibility index (Phi) is 4.60. The van der Waals surface area contributed by atoms with Gasteiger partial charge in [0.1, 0.15) is 0 Å². The van der Waals surface area contributed by atoms with E-state index >= 15 is 0 Å². The van der Waals surface area contributed by atoms with Crippen molar-refractivity contribution >= 4 is 5.91 Å². The second kappa shape index (κ2) is 5.74. The van der Waals surface area contributed by atoms with E-state index in [0.29, 0.717) is 6.61 Å². The zero-order chi connectivity index (χ0) is 11.1. The van der Waals surface area contributed by atoms with Crippen molar-refractivity contribution in [3.05, 3.63) is 0 Å². The predicted molar refractivity (Wildman–Crippen MR) is 58.3 cm³/mol. The summed E-state index contributed by atoms with van der Waals surface area (Å²) in [7, 11) is 1.62. The Hall–Kier alpha value is -1.05. The molecule has 1 aliphatic heterocycles. The van der Waals surface area contributed by atoms with E-state index in [1.807, 2.05) is 0 Å². The van der Waals surface area contributed by atoms with Crippen LogP contribution in [0.4, 0.5) is 0 Å². The van der Waals surface area contributed by atoms with Crippen molar-refractivity contribution in [3.8, 4) is 12.3 Å². The minimum atomic E-state index is -0.392. The molecule has 0 bridgehead atoms. The normalized spacial score (nSPS) is 19.2. The third-order valence-corrected chi connectivity index (χ3v) is 2.81. The number of rotatable bonds is 4. The summed E-state index contributed by atoms with van der Waals surface area (Å²) in [5.41, 5.74) is -0.392. The topological polar surface area (TPSA) is 50.4 Å². The van der Waals surface area contributed by atoms with Crippen LogP contribution in [0.1, 0.15) is 12.8 Å². The molecule has 0 aliphatic carbocycles. The van der Waals surface area contributed by atoms with Crippen LogP contribution in [-0.4, -0.2) is 39.3 Å². The maximum absolute atomic E-state index is 12.0. The Morgan fingerprint density at radius 1 is 1.60 bits per heavy atom. The summed E-state index contributed by atoms with van der Waals surface area (Å²) < 4.78 is 5.15. The van der Waals surface area contributed by atoms with Gasteiger partial charge < -0.3 is 15.4 Å². The molecular formula is C11H18N2O2. The molecule has 15 heavy (non-hydrogen) atoms. The first-order valence-corrected chi connectivity index (χ1v) is 5.16. The van der Waals surface area contributed by atoms with Crippen molar-refractivity contribution in [1.82, 2.24) is 10.6 Å². The van der Waals surface area contributed by atoms with Crippen LogP contribution in [-0.2, 0) is 9.53 Å². The van der Waals surface area contributed by atoms with Gasteiger partial charge in [0.15, 0.2) is 0 Å². The highest BCUT2D eigenvalue weighted by atomic mass is 16.5. The number of hydrogen-bond donors (Lipinski definition) is 2. The smallest absolute Gasteiger partial charge is 0.229 e. The third kappa shape index (κ3) is 2.95. The number of nitrogens with one attached hydrogen (secondary N) is 2. The summed E-state index contributed by atoms with van der Waals surface area (Å²) in [6.45, 7) is 2.46. The average Bonchev–Trinajstić information content (AvgIpc) is 2.27. The molecule has 0 radical (unpaired) electrons. The molecule has 0 unspecified atom stereocenters. The molecule has 1 saturated heterocycles. The predicted octanol–water partition coefficient (Wildman–Crippen LogP) is -0.248. The van der Waals surface area contributed by atoms with Gasteiger partial charge in [-0.2, -0.15) is 0 Å². The van der Waals surface area contributed by atoms with Crippen molar-refractivity contribution in [2.45, 2.75) is 12.8 Å². The van der Waals surface area contributed by atoms with Gasteiger partial charge in [-0.3, -0.25) is 4.79 Å². The highest BCUT2D eigenvalue weighted by Crippen LogP contribution is 2.29. The molecule has 1 amide bonds. The highest BCUT2D eigenvalue weighted by Gasteiger charge is 2.39. The van der Waals surface area contributed by atoms with Crippen LogP contribution in [0.5, 0.6) is 0 Å². The summed E-state index contributed by atoms with van der Waals surface area (Å²) in [5.74, 6) is 2.43. The first-order valence-electron chi connectivity index (χ1n) is 5.16. The molecule has 0 aromatic heterocycles. The molecule has 1 aliphatic rings. The summed E-state index contributed by atoms with van der Waals surface area (Å²) >= 11 is 0. The number of piperidine rings is 1. The second-order valence-electron chi connectivity index (χ2n) is 3.85. The third-order valence-electron chi connectivity index (χ3n) is 2.81. The van der Waals surface area contributed by atoms with E-state index in [1.54, 1.807) is 7.11 Å². The van der Waals surface area contributed by atoms with Crippen LogP contribution in [0.15, 0.2) is 0 Å². The lowest BCUT2D eigenvalue weighted by Crippen LogP contribution is -2.50. The van der Waals surface area contributed by atoms with E-state index in [0.717, 1.165) is 25.9 Å². The molecular weight excluding hydrogens is 192 g/mol. The maximum atomic E-state index is 12.0. The SMILES string of the molecule is C#CCNC(=O)C1(COC)CCNCC1. The molecule has 84 valence electrons. The maximum Gasteiger partial charge on any atom is 0.229 e. The number of hydrogen-bond acceptors (Lipinski definition) is 3. The average molecular weight is 210 g/mol. The monoisotopic (exact) mass is 210 g/mol. The van der Waals surface area contributed by atoms with Gasteiger partial charge >= 0.3 is 0 Å². The van der Waals surface area contributed by atoms with Crippen LogP contribution in [0.2, 0.25) is 0 Å². The molecule has 0 aromatic rings. The Labute approximate surface area is 90.8 Å². The Morgan fingerprint density at radius 3 is 2.80 bits per heavy atom. The van der Waals surface area contributed by atoms with Crippen LogP contribution in [0.3, 0.4) is 0 Å². The first kappa shape index (κ1) is 12.0. The number of methoxy groups -OCH3 is 1. The van der Waals surface area contributed by atoms with Crippen LogP contribution in [0, 0.1) is 17.8 Å². The second-order valence-corrected chi connectivity index (χ2v) is 3.85. The largest absolute Gasteiger partial charge is 0.384 e. The zero-order valence-electron chi connectivity index (χ0n) is 9.14. The minimum Gasteiger partial charge on any atom is -0.384 e. The van der Waals surface area contributed by atoms with Gasteiger partial charge in [-0.25, -0.2) is 0 Å². The van der Waals surface area contributed by atoms with Crippen molar-refractivity contribution in [2.75, 3.05) is 33.4 Å². The van der Waals surface area contributed by atoms with Gasteiger partial charge in [-0.15, -0.1) is 6.42 Å². The fraction of sp³-hybridized carbons (Fsp3) is 0.727. The quantitative estimate of drug-likeness (QED) is 0.629. The van der Waals surface area contributed by atoms with Gasteiger partial charge in [0.05, 0.1) is 18.6 Å². The Bertz CT molecular complexity index is 246. The molecule has 2 N–H and O–H groups in total. The summed E-state index contributed by atoms with van der Waals surface area (Å²) in [4.78, 5) is 12.0. The van der Waals surface area contributed by atoms with Crippen molar-refractivity contribution in [1.29, 1.82) is 0 Å².